The van der Waals surface area contributed by atoms with Crippen LogP contribution in [0.2, 0.25) is 0 Å². The minimum atomic E-state index is -5.08. The zero-order valence-corrected chi connectivity index (χ0v) is 17.3. The Morgan fingerprint density at radius 2 is 1.74 bits per heavy atom. The molecule has 0 aliphatic rings. The fourth-order valence-electron chi connectivity index (χ4n) is 3.16. The van der Waals surface area contributed by atoms with E-state index in [1.807, 2.05) is 25.4 Å². The second kappa shape index (κ2) is 8.34. The Balaban J connectivity index is 0.000000339. The number of carboxylic acid groups (broad SMARTS) is 1. The van der Waals surface area contributed by atoms with E-state index in [9.17, 15) is 13.2 Å². The summed E-state index contributed by atoms with van der Waals surface area (Å²) in [5.41, 5.74) is 16.0. The monoisotopic (exact) mass is 449 g/mol. The number of carbonyl (C=O) groups is 1. The number of hydrogen-bond acceptors (Lipinski definition) is 6. The van der Waals surface area contributed by atoms with Gasteiger partial charge in [0, 0.05) is 29.1 Å². The largest absolute Gasteiger partial charge is 0.490 e. The van der Waals surface area contributed by atoms with Crippen molar-refractivity contribution in [3.8, 4) is 11.1 Å². The van der Waals surface area contributed by atoms with E-state index in [1.165, 1.54) is 4.90 Å². The lowest BCUT2D eigenvalue weighted by Crippen LogP contribution is -2.21. The van der Waals surface area contributed by atoms with Crippen LogP contribution in [0, 0.1) is 0 Å². The summed E-state index contributed by atoms with van der Waals surface area (Å²) in [7, 11) is 2.03. The van der Waals surface area contributed by atoms with Gasteiger partial charge in [0.05, 0.1) is 16.4 Å². The van der Waals surface area contributed by atoms with E-state index < -0.39 is 12.1 Å². The average Bonchev–Trinajstić information content (AvgIpc) is 3.08. The normalized spacial score (nSPS) is 11.4. The summed E-state index contributed by atoms with van der Waals surface area (Å²) in [6.07, 6.45) is -0.984. The van der Waals surface area contributed by atoms with E-state index in [0.717, 1.165) is 32.9 Å². The number of nitrogens with two attached hydrogens (primary N) is 2. The topological polar surface area (TPSA) is 120 Å². The number of nitrogen functional groups attached to an aromatic ring is 2. The molecule has 7 nitrogen and oxygen atoms in total. The molecule has 0 bridgehead atoms. The van der Waals surface area contributed by atoms with Crippen molar-refractivity contribution >= 4 is 51.3 Å². The van der Waals surface area contributed by atoms with Crippen LogP contribution >= 0.6 is 11.8 Å². The van der Waals surface area contributed by atoms with Crippen molar-refractivity contribution in [3.63, 3.8) is 0 Å². The maximum atomic E-state index is 10.6. The molecule has 2 heterocycles. The zero-order chi connectivity index (χ0) is 22.9. The number of aliphatic carboxylic acids is 1. The van der Waals surface area contributed by atoms with Gasteiger partial charge < -0.3 is 21.1 Å². The molecule has 0 radical (unpaired) electrons. The number of anilines is 2. The first-order valence-corrected chi connectivity index (χ1v) is 10.0. The summed E-state index contributed by atoms with van der Waals surface area (Å²) in [6, 6.07) is 12.6. The lowest BCUT2D eigenvalue weighted by atomic mass is 10.00. The van der Waals surface area contributed by atoms with Gasteiger partial charge in [0.25, 0.3) is 0 Å². The van der Waals surface area contributed by atoms with Crippen LogP contribution in [0.1, 0.15) is 0 Å². The summed E-state index contributed by atoms with van der Waals surface area (Å²) < 4.78 is 33.8. The lowest BCUT2D eigenvalue weighted by molar-refractivity contribution is -0.192. The van der Waals surface area contributed by atoms with Gasteiger partial charge in [0.1, 0.15) is 5.82 Å². The number of rotatable bonds is 2. The molecule has 2 aromatic carbocycles. The lowest BCUT2D eigenvalue weighted by Gasteiger charge is -2.11. The standard InChI is InChI=1S/C18H17N5S.C2HF3O2/c1-23-8-7-12-15-14(21-18(20)22-17(15)19)9-13(16(12)23)10-3-5-11(24-2)6-4-10;3-2(4,5)1(6)7/h3-9H,1-2H3,(H4,19,20,21,22);(H,6,7). The van der Waals surface area contributed by atoms with Crippen LogP contribution in [0.5, 0.6) is 0 Å². The number of benzene rings is 2. The fraction of sp³-hybridized carbons (Fsp3) is 0.150. The van der Waals surface area contributed by atoms with Crippen molar-refractivity contribution in [3.05, 3.63) is 42.6 Å². The Hall–Kier alpha value is -3.47. The summed E-state index contributed by atoms with van der Waals surface area (Å²) in [4.78, 5) is 18.6. The number of aromatic nitrogens is 3. The Labute approximate surface area is 178 Å². The Morgan fingerprint density at radius 1 is 1.13 bits per heavy atom. The molecule has 11 heteroatoms. The number of fused-ring (bicyclic) bond motifs is 3. The van der Waals surface area contributed by atoms with Gasteiger partial charge in [-0.15, -0.1) is 11.8 Å². The van der Waals surface area contributed by atoms with E-state index in [2.05, 4.69) is 45.1 Å². The molecular formula is C20H18F3N5O2S. The van der Waals surface area contributed by atoms with Crippen molar-refractivity contribution in [2.45, 2.75) is 11.1 Å². The van der Waals surface area contributed by atoms with Crippen molar-refractivity contribution in [2.75, 3.05) is 17.7 Å². The molecule has 2 aromatic heterocycles. The van der Waals surface area contributed by atoms with E-state index in [0.29, 0.717) is 5.82 Å². The molecule has 4 aromatic rings. The van der Waals surface area contributed by atoms with Gasteiger partial charge in [-0.25, -0.2) is 9.78 Å². The number of alkyl halides is 3. The molecule has 0 aliphatic carbocycles. The molecule has 0 saturated carbocycles. The van der Waals surface area contributed by atoms with Crippen molar-refractivity contribution < 1.29 is 23.1 Å². The maximum Gasteiger partial charge on any atom is 0.490 e. The van der Waals surface area contributed by atoms with E-state index in [1.54, 1.807) is 11.8 Å². The molecule has 0 atom stereocenters. The summed E-state index contributed by atoms with van der Waals surface area (Å²) in [5.74, 6) is -2.15. The van der Waals surface area contributed by atoms with Gasteiger partial charge >= 0.3 is 12.1 Å². The molecular weight excluding hydrogens is 431 g/mol. The third-order valence-corrected chi connectivity index (χ3v) is 5.25. The summed E-state index contributed by atoms with van der Waals surface area (Å²) in [6.45, 7) is 0. The Kier molecular flexibility index (Phi) is 5.98. The first-order valence-electron chi connectivity index (χ1n) is 8.78. The number of carboxylic acids is 1. The molecule has 162 valence electrons. The quantitative estimate of drug-likeness (QED) is 0.390. The van der Waals surface area contributed by atoms with Gasteiger partial charge in [-0.2, -0.15) is 18.2 Å². The van der Waals surface area contributed by atoms with Crippen molar-refractivity contribution in [2.24, 2.45) is 7.05 Å². The molecule has 0 spiro atoms. The predicted octanol–water partition coefficient (Wildman–Crippen LogP) is 4.31. The predicted molar refractivity (Wildman–Crippen MR) is 116 cm³/mol. The van der Waals surface area contributed by atoms with Crippen LogP contribution < -0.4 is 11.5 Å². The molecule has 5 N–H and O–H groups in total. The van der Waals surface area contributed by atoms with E-state index >= 15 is 0 Å². The SMILES string of the molecule is CSc1ccc(-c2cc3nc(N)nc(N)c3c3ccn(C)c23)cc1.O=C(O)C(F)(F)F. The average molecular weight is 449 g/mol. The Bertz CT molecular complexity index is 1270. The minimum Gasteiger partial charge on any atom is -0.475 e. The van der Waals surface area contributed by atoms with Crippen LogP contribution in [-0.4, -0.2) is 38.0 Å². The van der Waals surface area contributed by atoms with E-state index in [4.69, 9.17) is 21.4 Å². The first kappa shape index (κ1) is 22.2. The summed E-state index contributed by atoms with van der Waals surface area (Å²) >= 11 is 1.73. The second-order valence-electron chi connectivity index (χ2n) is 6.51. The van der Waals surface area contributed by atoms with Gasteiger partial charge in [0.2, 0.25) is 5.95 Å². The number of halogens is 3. The third-order valence-electron chi connectivity index (χ3n) is 4.50. The highest BCUT2D eigenvalue weighted by Crippen LogP contribution is 2.37. The van der Waals surface area contributed by atoms with Crippen LogP contribution in [0.15, 0.2) is 47.5 Å². The van der Waals surface area contributed by atoms with Gasteiger partial charge in [0.15, 0.2) is 0 Å². The van der Waals surface area contributed by atoms with Crippen LogP contribution in [0.4, 0.5) is 24.9 Å². The number of hydrogen-bond donors (Lipinski definition) is 3. The smallest absolute Gasteiger partial charge is 0.475 e. The molecule has 0 saturated heterocycles. The molecule has 0 amide bonds. The number of thioether (sulfide) groups is 1. The molecule has 0 unspecified atom stereocenters. The van der Waals surface area contributed by atoms with Crippen LogP contribution in [-0.2, 0) is 11.8 Å². The highest BCUT2D eigenvalue weighted by molar-refractivity contribution is 7.98. The molecule has 4 rings (SSSR count). The minimum absolute atomic E-state index is 0.193. The number of nitrogens with zero attached hydrogens (tertiary/aromatic N) is 3. The van der Waals surface area contributed by atoms with Gasteiger partial charge in [-0.05, 0) is 36.1 Å². The first-order chi connectivity index (χ1) is 14.5. The highest BCUT2D eigenvalue weighted by Gasteiger charge is 2.38. The molecule has 31 heavy (non-hydrogen) atoms. The van der Waals surface area contributed by atoms with Gasteiger partial charge in [-0.1, -0.05) is 12.1 Å². The molecule has 0 fully saturated rings. The Morgan fingerprint density at radius 3 is 2.29 bits per heavy atom. The summed E-state index contributed by atoms with van der Waals surface area (Å²) in [5, 5.41) is 9.01. The third kappa shape index (κ3) is 4.50. The number of aryl methyl sites for hydroxylation is 1. The molecule has 0 aliphatic heterocycles. The van der Waals surface area contributed by atoms with Crippen molar-refractivity contribution in [1.82, 2.24) is 14.5 Å². The van der Waals surface area contributed by atoms with Crippen LogP contribution in [0.25, 0.3) is 32.9 Å². The fourth-order valence-corrected chi connectivity index (χ4v) is 3.57. The van der Waals surface area contributed by atoms with Gasteiger partial charge in [-0.3, -0.25) is 0 Å². The maximum absolute atomic E-state index is 10.6. The van der Waals surface area contributed by atoms with E-state index in [-0.39, 0.29) is 5.95 Å². The second-order valence-corrected chi connectivity index (χ2v) is 7.39. The van der Waals surface area contributed by atoms with Crippen molar-refractivity contribution in [1.29, 1.82) is 0 Å². The zero-order valence-electron chi connectivity index (χ0n) is 16.4. The highest BCUT2D eigenvalue weighted by atomic mass is 32.2. The van der Waals surface area contributed by atoms with Crippen LogP contribution in [0.3, 0.4) is 0 Å².